The summed E-state index contributed by atoms with van der Waals surface area (Å²) in [5.41, 5.74) is 0. The molecule has 1 N–H and O–H groups in total. The summed E-state index contributed by atoms with van der Waals surface area (Å²) in [7, 11) is 0. The van der Waals surface area contributed by atoms with E-state index < -0.39 is 0 Å². The summed E-state index contributed by atoms with van der Waals surface area (Å²) < 4.78 is 1.88. The van der Waals surface area contributed by atoms with Gasteiger partial charge in [-0.2, -0.15) is 5.10 Å². The van der Waals surface area contributed by atoms with E-state index >= 15 is 0 Å². The molecule has 0 aliphatic heterocycles. The van der Waals surface area contributed by atoms with E-state index in [1.807, 2.05) is 4.68 Å². The van der Waals surface area contributed by atoms with Gasteiger partial charge in [-0.3, -0.25) is 4.68 Å². The van der Waals surface area contributed by atoms with Gasteiger partial charge in [0.25, 0.3) is 0 Å². The third kappa shape index (κ3) is 1.82. The summed E-state index contributed by atoms with van der Waals surface area (Å²) >= 11 is 0. The molecule has 2 rings (SSSR count). The molecule has 1 saturated carbocycles. The molecular formula is C8H13N3O. The van der Waals surface area contributed by atoms with E-state index in [1.165, 1.54) is 12.8 Å². The standard InChI is InChI=1S/C8H13N3O/c12-4-3-8-9-6-11(10-8)5-7-1-2-7/h6-7,12H,1-5H2. The van der Waals surface area contributed by atoms with Crippen LogP contribution in [0, 0.1) is 5.92 Å². The topological polar surface area (TPSA) is 50.9 Å². The van der Waals surface area contributed by atoms with Crippen molar-refractivity contribution in [3.8, 4) is 0 Å². The van der Waals surface area contributed by atoms with Crippen LogP contribution in [0.5, 0.6) is 0 Å². The minimum Gasteiger partial charge on any atom is -0.396 e. The Bertz CT molecular complexity index is 255. The molecule has 0 aromatic carbocycles. The molecule has 0 bridgehead atoms. The van der Waals surface area contributed by atoms with E-state index in [0.29, 0.717) is 6.42 Å². The molecule has 4 heteroatoms. The number of hydrogen-bond acceptors (Lipinski definition) is 3. The molecule has 4 nitrogen and oxygen atoms in total. The van der Waals surface area contributed by atoms with Crippen LogP contribution in [0.2, 0.25) is 0 Å². The van der Waals surface area contributed by atoms with E-state index in [0.717, 1.165) is 18.3 Å². The zero-order valence-corrected chi connectivity index (χ0v) is 6.98. The smallest absolute Gasteiger partial charge is 0.152 e. The lowest BCUT2D eigenvalue weighted by Crippen LogP contribution is -2.01. The van der Waals surface area contributed by atoms with Crippen molar-refractivity contribution in [2.75, 3.05) is 6.61 Å². The summed E-state index contributed by atoms with van der Waals surface area (Å²) in [6.45, 7) is 1.13. The molecule has 1 aromatic rings. The average molecular weight is 167 g/mol. The lowest BCUT2D eigenvalue weighted by Gasteiger charge is -1.94. The van der Waals surface area contributed by atoms with Crippen molar-refractivity contribution in [1.29, 1.82) is 0 Å². The van der Waals surface area contributed by atoms with Gasteiger partial charge in [-0.1, -0.05) is 0 Å². The lowest BCUT2D eigenvalue weighted by atomic mass is 10.4. The Morgan fingerprint density at radius 2 is 2.42 bits per heavy atom. The Labute approximate surface area is 71.2 Å². The summed E-state index contributed by atoms with van der Waals surface area (Å²) in [4.78, 5) is 4.08. The van der Waals surface area contributed by atoms with Crippen molar-refractivity contribution < 1.29 is 5.11 Å². The van der Waals surface area contributed by atoms with Gasteiger partial charge in [0.15, 0.2) is 5.82 Å². The van der Waals surface area contributed by atoms with E-state index in [9.17, 15) is 0 Å². The van der Waals surface area contributed by atoms with Crippen molar-refractivity contribution in [2.45, 2.75) is 25.8 Å². The van der Waals surface area contributed by atoms with E-state index in [1.54, 1.807) is 6.33 Å². The first-order valence-corrected chi connectivity index (χ1v) is 4.37. The zero-order valence-electron chi connectivity index (χ0n) is 6.98. The molecular weight excluding hydrogens is 154 g/mol. The largest absolute Gasteiger partial charge is 0.396 e. The second-order valence-corrected chi connectivity index (χ2v) is 3.30. The first-order chi connectivity index (χ1) is 5.88. The fraction of sp³-hybridized carbons (Fsp3) is 0.750. The minimum absolute atomic E-state index is 0.132. The van der Waals surface area contributed by atoms with Gasteiger partial charge in [0.1, 0.15) is 6.33 Å². The summed E-state index contributed by atoms with van der Waals surface area (Å²) in [5.74, 6) is 1.58. The van der Waals surface area contributed by atoms with Crippen molar-refractivity contribution in [3.63, 3.8) is 0 Å². The Hall–Kier alpha value is -0.900. The maximum atomic E-state index is 8.63. The van der Waals surface area contributed by atoms with Crippen LogP contribution in [0.1, 0.15) is 18.7 Å². The van der Waals surface area contributed by atoms with Gasteiger partial charge in [-0.15, -0.1) is 0 Å². The molecule has 66 valence electrons. The van der Waals surface area contributed by atoms with Crippen molar-refractivity contribution in [1.82, 2.24) is 14.8 Å². The Kier molecular flexibility index (Phi) is 2.08. The highest BCUT2D eigenvalue weighted by Gasteiger charge is 2.22. The Morgan fingerprint density at radius 1 is 1.58 bits per heavy atom. The molecule has 0 saturated heterocycles. The van der Waals surface area contributed by atoms with Crippen LogP contribution in [0.15, 0.2) is 6.33 Å². The quantitative estimate of drug-likeness (QED) is 0.698. The monoisotopic (exact) mass is 167 g/mol. The van der Waals surface area contributed by atoms with E-state index in [2.05, 4.69) is 10.1 Å². The highest BCUT2D eigenvalue weighted by molar-refractivity contribution is 4.83. The van der Waals surface area contributed by atoms with Crippen LogP contribution in [0.3, 0.4) is 0 Å². The predicted molar refractivity (Wildman–Crippen MR) is 43.5 cm³/mol. The summed E-state index contributed by atoms with van der Waals surface area (Å²) in [6, 6.07) is 0. The molecule has 1 heterocycles. The number of aliphatic hydroxyl groups excluding tert-OH is 1. The van der Waals surface area contributed by atoms with E-state index in [4.69, 9.17) is 5.11 Å². The van der Waals surface area contributed by atoms with Gasteiger partial charge < -0.3 is 5.11 Å². The van der Waals surface area contributed by atoms with Gasteiger partial charge in [-0.05, 0) is 18.8 Å². The molecule has 0 spiro atoms. The number of rotatable bonds is 4. The number of aliphatic hydroxyl groups is 1. The minimum atomic E-state index is 0.132. The van der Waals surface area contributed by atoms with Crippen LogP contribution in [0.4, 0.5) is 0 Å². The first-order valence-electron chi connectivity index (χ1n) is 4.37. The van der Waals surface area contributed by atoms with Crippen LogP contribution in [-0.2, 0) is 13.0 Å². The molecule has 0 unspecified atom stereocenters. The summed E-state index contributed by atoms with van der Waals surface area (Å²) in [5, 5.41) is 12.9. The second-order valence-electron chi connectivity index (χ2n) is 3.30. The third-order valence-corrected chi connectivity index (χ3v) is 2.06. The first kappa shape index (κ1) is 7.73. The molecule has 0 radical (unpaired) electrons. The molecule has 1 aromatic heterocycles. The molecule has 0 amide bonds. The number of hydrogen-bond donors (Lipinski definition) is 1. The van der Waals surface area contributed by atoms with Crippen LogP contribution >= 0.6 is 0 Å². The van der Waals surface area contributed by atoms with Gasteiger partial charge in [0, 0.05) is 13.0 Å². The predicted octanol–water partition coefficient (Wildman–Crippen LogP) is 0.223. The molecule has 12 heavy (non-hydrogen) atoms. The van der Waals surface area contributed by atoms with Gasteiger partial charge in [0.05, 0.1) is 6.61 Å². The fourth-order valence-electron chi connectivity index (χ4n) is 1.20. The van der Waals surface area contributed by atoms with Crippen molar-refractivity contribution in [2.24, 2.45) is 5.92 Å². The maximum Gasteiger partial charge on any atom is 0.152 e. The SMILES string of the molecule is OCCc1ncn(CC2CC2)n1. The summed E-state index contributed by atoms with van der Waals surface area (Å²) in [6.07, 6.45) is 4.98. The normalized spacial score (nSPS) is 16.8. The maximum absolute atomic E-state index is 8.63. The number of aromatic nitrogens is 3. The highest BCUT2D eigenvalue weighted by atomic mass is 16.3. The molecule has 1 aliphatic rings. The van der Waals surface area contributed by atoms with Crippen molar-refractivity contribution >= 4 is 0 Å². The van der Waals surface area contributed by atoms with E-state index in [-0.39, 0.29) is 6.61 Å². The molecule has 0 atom stereocenters. The molecule has 1 aliphatic carbocycles. The van der Waals surface area contributed by atoms with Crippen molar-refractivity contribution in [3.05, 3.63) is 12.2 Å². The number of nitrogens with zero attached hydrogens (tertiary/aromatic N) is 3. The highest BCUT2D eigenvalue weighted by Crippen LogP contribution is 2.30. The van der Waals surface area contributed by atoms with Crippen LogP contribution in [0.25, 0.3) is 0 Å². The second kappa shape index (κ2) is 3.23. The third-order valence-electron chi connectivity index (χ3n) is 2.06. The Balaban J connectivity index is 1.92. The fourth-order valence-corrected chi connectivity index (χ4v) is 1.20. The van der Waals surface area contributed by atoms with Gasteiger partial charge in [-0.25, -0.2) is 4.98 Å². The van der Waals surface area contributed by atoms with Gasteiger partial charge in [0.2, 0.25) is 0 Å². The lowest BCUT2D eigenvalue weighted by molar-refractivity contribution is 0.296. The molecule has 1 fully saturated rings. The zero-order chi connectivity index (χ0) is 8.39. The van der Waals surface area contributed by atoms with Gasteiger partial charge >= 0.3 is 0 Å². The Morgan fingerprint density at radius 3 is 3.08 bits per heavy atom. The van der Waals surface area contributed by atoms with Crippen LogP contribution < -0.4 is 0 Å². The van der Waals surface area contributed by atoms with Crippen LogP contribution in [-0.4, -0.2) is 26.5 Å². The average Bonchev–Trinajstić information content (AvgIpc) is 2.74.